The Labute approximate surface area is 119 Å². The molecule has 0 saturated heterocycles. The molecule has 19 heavy (non-hydrogen) atoms. The summed E-state index contributed by atoms with van der Waals surface area (Å²) in [6.07, 6.45) is 2.93. The largest absolute Gasteiger partial charge is 0.356 e. The molecule has 0 spiro atoms. The van der Waals surface area contributed by atoms with Crippen LogP contribution in [0.25, 0.3) is 11.0 Å². The predicted octanol–water partition coefficient (Wildman–Crippen LogP) is 3.61. The quantitative estimate of drug-likeness (QED) is 0.538. The molecule has 2 heterocycles. The highest BCUT2D eigenvalue weighted by Crippen LogP contribution is 2.20. The molecule has 0 aliphatic carbocycles. The average molecular weight is 290 g/mol. The van der Waals surface area contributed by atoms with Gasteiger partial charge in [0.25, 0.3) is 0 Å². The van der Waals surface area contributed by atoms with Gasteiger partial charge in [-0.15, -0.1) is 11.3 Å². The van der Waals surface area contributed by atoms with Crippen LogP contribution < -0.4 is 5.32 Å². The Kier molecular flexibility index (Phi) is 4.00. The second-order valence-corrected chi connectivity index (χ2v) is 6.27. The van der Waals surface area contributed by atoms with Crippen molar-refractivity contribution in [1.82, 2.24) is 15.0 Å². The summed E-state index contributed by atoms with van der Waals surface area (Å²) in [5.41, 5.74) is 2.07. The van der Waals surface area contributed by atoms with Crippen molar-refractivity contribution in [3.63, 3.8) is 0 Å². The Morgan fingerprint density at radius 2 is 2.26 bits per heavy atom. The molecule has 0 bridgehead atoms. The summed E-state index contributed by atoms with van der Waals surface area (Å²) >= 11 is 3.50. The van der Waals surface area contributed by atoms with Crippen LogP contribution in [0, 0.1) is 0 Å². The second kappa shape index (κ2) is 6.08. The van der Waals surface area contributed by atoms with Gasteiger partial charge in [-0.1, -0.05) is 23.9 Å². The van der Waals surface area contributed by atoms with Gasteiger partial charge in [-0.25, -0.2) is 9.97 Å². The van der Waals surface area contributed by atoms with E-state index in [1.54, 1.807) is 23.1 Å². The smallest absolute Gasteiger partial charge is 0.201 e. The first-order valence-corrected chi connectivity index (χ1v) is 7.99. The van der Waals surface area contributed by atoms with Crippen LogP contribution in [-0.2, 0) is 0 Å². The van der Waals surface area contributed by atoms with E-state index >= 15 is 0 Å². The summed E-state index contributed by atoms with van der Waals surface area (Å²) in [7, 11) is 0. The zero-order valence-electron chi connectivity index (χ0n) is 10.3. The summed E-state index contributed by atoms with van der Waals surface area (Å²) < 4.78 is 1.14. The van der Waals surface area contributed by atoms with Crippen molar-refractivity contribution in [2.45, 2.75) is 10.8 Å². The second-order valence-electron chi connectivity index (χ2n) is 4.03. The number of thioether (sulfide) groups is 1. The van der Waals surface area contributed by atoms with Crippen molar-refractivity contribution >= 4 is 40.1 Å². The lowest BCUT2D eigenvalue weighted by Gasteiger charge is -2.01. The Bertz CT molecular complexity index is 600. The number of aromatic nitrogens is 3. The monoisotopic (exact) mass is 290 g/mol. The van der Waals surface area contributed by atoms with Crippen molar-refractivity contribution < 1.29 is 0 Å². The molecule has 6 heteroatoms. The topological polar surface area (TPSA) is 53.6 Å². The number of benzene rings is 1. The number of aromatic amines is 1. The van der Waals surface area contributed by atoms with Crippen LogP contribution >= 0.6 is 23.1 Å². The van der Waals surface area contributed by atoms with Gasteiger partial charge < -0.3 is 10.3 Å². The Morgan fingerprint density at radius 3 is 3.11 bits per heavy atom. The zero-order chi connectivity index (χ0) is 12.9. The lowest BCUT2D eigenvalue weighted by atomic mass is 10.3. The van der Waals surface area contributed by atoms with E-state index in [0.29, 0.717) is 0 Å². The number of H-pyrrole nitrogens is 1. The number of nitrogens with zero attached hydrogens (tertiary/aromatic N) is 2. The molecule has 0 unspecified atom stereocenters. The molecular weight excluding hydrogens is 276 g/mol. The Balaban J connectivity index is 1.44. The van der Waals surface area contributed by atoms with Gasteiger partial charge in [-0.2, -0.15) is 0 Å². The molecule has 1 aromatic carbocycles. The van der Waals surface area contributed by atoms with Crippen LogP contribution in [0.3, 0.4) is 0 Å². The number of para-hydroxylation sites is 2. The van der Waals surface area contributed by atoms with E-state index in [-0.39, 0.29) is 0 Å². The van der Waals surface area contributed by atoms with Gasteiger partial charge in [-0.3, -0.25) is 0 Å². The third kappa shape index (κ3) is 3.27. The first kappa shape index (κ1) is 12.5. The van der Waals surface area contributed by atoms with Gasteiger partial charge in [0.05, 0.1) is 11.0 Å². The number of hydrogen-bond donors (Lipinski definition) is 2. The molecule has 0 aliphatic heterocycles. The molecule has 98 valence electrons. The highest BCUT2D eigenvalue weighted by Gasteiger charge is 2.01. The number of hydrogen-bond acceptors (Lipinski definition) is 5. The van der Waals surface area contributed by atoms with E-state index in [1.807, 2.05) is 35.8 Å². The first-order valence-electron chi connectivity index (χ1n) is 6.13. The van der Waals surface area contributed by atoms with Crippen LogP contribution in [0.15, 0.2) is 40.2 Å². The fourth-order valence-corrected chi connectivity index (χ4v) is 3.40. The molecule has 0 aliphatic rings. The summed E-state index contributed by atoms with van der Waals surface area (Å²) in [5.74, 6) is 1.92. The first-order chi connectivity index (χ1) is 9.42. The van der Waals surface area contributed by atoms with E-state index in [2.05, 4.69) is 20.3 Å². The van der Waals surface area contributed by atoms with Crippen molar-refractivity contribution in [2.75, 3.05) is 17.6 Å². The van der Waals surface area contributed by atoms with Gasteiger partial charge in [-0.05, 0) is 18.6 Å². The van der Waals surface area contributed by atoms with Gasteiger partial charge >= 0.3 is 0 Å². The molecule has 2 aromatic heterocycles. The maximum atomic E-state index is 4.48. The minimum atomic E-state index is 0.848. The van der Waals surface area contributed by atoms with Crippen molar-refractivity contribution in [3.8, 4) is 0 Å². The predicted molar refractivity (Wildman–Crippen MR) is 82.0 cm³/mol. The lowest BCUT2D eigenvalue weighted by Crippen LogP contribution is -2.03. The molecule has 0 amide bonds. The Hall–Kier alpha value is -1.53. The van der Waals surface area contributed by atoms with E-state index < -0.39 is 0 Å². The van der Waals surface area contributed by atoms with Crippen LogP contribution in [0.2, 0.25) is 0 Å². The molecule has 2 N–H and O–H groups in total. The van der Waals surface area contributed by atoms with E-state index in [1.165, 1.54) is 0 Å². The van der Waals surface area contributed by atoms with Gasteiger partial charge in [0.15, 0.2) is 0 Å². The van der Waals surface area contributed by atoms with Crippen molar-refractivity contribution in [3.05, 3.63) is 35.8 Å². The fraction of sp³-hybridized carbons (Fsp3) is 0.231. The standard InChI is InChI=1S/C13H14N4S2/c1-2-5-11-10(4-1)16-12(17-11)14-6-3-8-18-13-15-7-9-19-13/h1-2,4-5,7,9H,3,6,8H2,(H2,14,16,17). The van der Waals surface area contributed by atoms with Gasteiger partial charge in [0.1, 0.15) is 4.34 Å². The SMILES string of the molecule is c1ccc2[nH]c(NCCCSc3nccs3)nc2c1. The average Bonchev–Trinajstić information content (AvgIpc) is 3.06. The third-order valence-electron chi connectivity index (χ3n) is 2.64. The minimum Gasteiger partial charge on any atom is -0.356 e. The number of rotatable bonds is 6. The molecule has 0 saturated carbocycles. The van der Waals surface area contributed by atoms with Crippen molar-refractivity contribution in [2.24, 2.45) is 0 Å². The van der Waals surface area contributed by atoms with Gasteiger partial charge in [0, 0.05) is 23.9 Å². The molecule has 0 fully saturated rings. The summed E-state index contributed by atoms with van der Waals surface area (Å²) in [5, 5.41) is 5.33. The maximum absolute atomic E-state index is 4.48. The Morgan fingerprint density at radius 1 is 1.32 bits per heavy atom. The van der Waals surface area contributed by atoms with E-state index in [9.17, 15) is 0 Å². The highest BCUT2D eigenvalue weighted by molar-refractivity contribution is 8.00. The van der Waals surface area contributed by atoms with Gasteiger partial charge in [0.2, 0.25) is 5.95 Å². The van der Waals surface area contributed by atoms with Crippen LogP contribution in [0.1, 0.15) is 6.42 Å². The number of nitrogens with one attached hydrogen (secondary N) is 2. The summed E-state index contributed by atoms with van der Waals surface area (Å²) in [6.45, 7) is 0.915. The van der Waals surface area contributed by atoms with Crippen LogP contribution in [0.5, 0.6) is 0 Å². The molecule has 4 nitrogen and oxygen atoms in total. The summed E-state index contributed by atoms with van der Waals surface area (Å²) in [6, 6.07) is 8.05. The van der Waals surface area contributed by atoms with E-state index in [0.717, 1.165) is 40.0 Å². The lowest BCUT2D eigenvalue weighted by molar-refractivity contribution is 0.973. The van der Waals surface area contributed by atoms with Crippen LogP contribution in [0.4, 0.5) is 5.95 Å². The number of thiazole rings is 1. The molecular formula is C13H14N4S2. The van der Waals surface area contributed by atoms with Crippen molar-refractivity contribution in [1.29, 1.82) is 0 Å². The highest BCUT2D eigenvalue weighted by atomic mass is 32.2. The fourth-order valence-electron chi connectivity index (χ4n) is 1.76. The zero-order valence-corrected chi connectivity index (χ0v) is 11.9. The number of anilines is 1. The number of fused-ring (bicyclic) bond motifs is 1. The summed E-state index contributed by atoms with van der Waals surface area (Å²) in [4.78, 5) is 12.0. The molecule has 0 atom stereocenters. The normalized spacial score (nSPS) is 10.9. The minimum absolute atomic E-state index is 0.848. The maximum Gasteiger partial charge on any atom is 0.201 e. The number of imidazole rings is 1. The molecule has 3 rings (SSSR count). The van der Waals surface area contributed by atoms with E-state index in [4.69, 9.17) is 0 Å². The molecule has 0 radical (unpaired) electrons. The van der Waals surface area contributed by atoms with Crippen LogP contribution in [-0.4, -0.2) is 27.2 Å². The molecule has 3 aromatic rings. The third-order valence-corrected chi connectivity index (χ3v) is 4.69.